The highest BCUT2D eigenvalue weighted by Gasteiger charge is 2.21. The Balaban J connectivity index is 1.69. The molecule has 5 rings (SSSR count). The van der Waals surface area contributed by atoms with E-state index in [0.717, 1.165) is 24.0 Å². The summed E-state index contributed by atoms with van der Waals surface area (Å²) in [6.45, 7) is 1.06. The van der Waals surface area contributed by atoms with Gasteiger partial charge < -0.3 is 11.5 Å². The minimum atomic E-state index is -0.513. The largest absolute Gasteiger partial charge is 0.366 e. The molecule has 0 aliphatic heterocycles. The third-order valence-electron chi connectivity index (χ3n) is 6.65. The molecule has 0 saturated heterocycles. The van der Waals surface area contributed by atoms with Crippen LogP contribution in [0.5, 0.6) is 0 Å². The molecule has 1 amide bonds. The number of carbonyl (C=O) groups excluding carboxylic acids is 1. The topological polar surface area (TPSA) is 133 Å². The molecular formula is C26H28N6O2. The average Bonchev–Trinajstić information content (AvgIpc) is 3.18. The van der Waals surface area contributed by atoms with Crippen molar-refractivity contribution in [2.75, 3.05) is 0 Å². The first-order valence-corrected chi connectivity index (χ1v) is 11.7. The Morgan fingerprint density at radius 3 is 2.44 bits per heavy atom. The minimum absolute atomic E-state index is 0.201. The Morgan fingerprint density at radius 1 is 1.00 bits per heavy atom. The van der Waals surface area contributed by atoms with E-state index in [0.29, 0.717) is 52.8 Å². The molecule has 0 atom stereocenters. The van der Waals surface area contributed by atoms with Crippen LogP contribution in [0.3, 0.4) is 0 Å². The van der Waals surface area contributed by atoms with E-state index < -0.39 is 5.91 Å². The zero-order valence-electron chi connectivity index (χ0n) is 19.0. The van der Waals surface area contributed by atoms with E-state index in [1.807, 2.05) is 30.3 Å². The Morgan fingerprint density at radius 2 is 1.74 bits per heavy atom. The molecule has 5 N–H and O–H groups in total. The maximum atomic E-state index is 12.9. The van der Waals surface area contributed by atoms with Gasteiger partial charge in [-0.25, -0.2) is 14.8 Å². The van der Waals surface area contributed by atoms with Gasteiger partial charge in [-0.2, -0.15) is 0 Å². The zero-order valence-corrected chi connectivity index (χ0v) is 19.0. The number of amides is 1. The number of aromatic nitrogens is 4. The lowest BCUT2D eigenvalue weighted by Crippen LogP contribution is -2.23. The Bertz CT molecular complexity index is 1400. The second-order valence-electron chi connectivity index (χ2n) is 8.98. The summed E-state index contributed by atoms with van der Waals surface area (Å²) in [5.74, 6) is -0.0574. The first-order chi connectivity index (χ1) is 16.5. The maximum absolute atomic E-state index is 12.9. The molecule has 8 heteroatoms. The summed E-state index contributed by atoms with van der Waals surface area (Å²) in [6, 6.07) is 14.8. The highest BCUT2D eigenvalue weighted by Crippen LogP contribution is 2.32. The first kappa shape index (κ1) is 22.0. The zero-order chi connectivity index (χ0) is 23.7. The van der Waals surface area contributed by atoms with Crippen LogP contribution in [0.2, 0.25) is 0 Å². The van der Waals surface area contributed by atoms with Crippen molar-refractivity contribution < 1.29 is 4.79 Å². The highest BCUT2D eigenvalue weighted by molar-refractivity contribution is 5.95. The standard InChI is InChI=1S/C26H28N6O2/c27-14-16-9-11-18(12-10-16)21-22(19-7-4-8-20(13-19)23(28)33)30-25-24(29-21)31-26(34)32(25)15-17-5-2-1-3-6-17/h4,7-13,17H,1-3,5-6,14-15,27H2,(H2,28,33)(H,29,31,34). The van der Waals surface area contributed by atoms with Gasteiger partial charge in [0.15, 0.2) is 11.3 Å². The summed E-state index contributed by atoms with van der Waals surface area (Å²) in [6.07, 6.45) is 5.88. The molecule has 34 heavy (non-hydrogen) atoms. The Hall–Kier alpha value is -3.78. The molecule has 8 nitrogen and oxygen atoms in total. The summed E-state index contributed by atoms with van der Waals surface area (Å²) < 4.78 is 1.71. The third-order valence-corrected chi connectivity index (χ3v) is 6.65. The molecule has 1 saturated carbocycles. The second kappa shape index (κ2) is 9.23. The number of fused-ring (bicyclic) bond motifs is 1. The lowest BCUT2D eigenvalue weighted by atomic mass is 9.89. The van der Waals surface area contributed by atoms with Crippen LogP contribution < -0.4 is 17.2 Å². The van der Waals surface area contributed by atoms with E-state index in [4.69, 9.17) is 21.4 Å². The molecule has 2 aromatic heterocycles. The SMILES string of the molecule is NCc1ccc(-c2nc3[nH]c(=O)n(CC4CCCCC4)c3nc2-c2cccc(C(N)=O)c2)cc1. The number of carbonyl (C=O) groups is 1. The van der Waals surface area contributed by atoms with E-state index in [1.54, 1.807) is 22.8 Å². The Kier molecular flexibility index (Phi) is 5.98. The Labute approximate surface area is 197 Å². The van der Waals surface area contributed by atoms with Crippen molar-refractivity contribution in [1.82, 2.24) is 19.5 Å². The summed E-state index contributed by atoms with van der Waals surface area (Å²) in [4.78, 5) is 37.4. The number of H-pyrrole nitrogens is 1. The van der Waals surface area contributed by atoms with Gasteiger partial charge in [0.05, 0.1) is 11.4 Å². The molecule has 1 aliphatic carbocycles. The van der Waals surface area contributed by atoms with Crippen LogP contribution in [0.25, 0.3) is 33.8 Å². The van der Waals surface area contributed by atoms with Crippen molar-refractivity contribution in [3.05, 3.63) is 70.1 Å². The van der Waals surface area contributed by atoms with Gasteiger partial charge in [-0.3, -0.25) is 14.3 Å². The fourth-order valence-corrected chi connectivity index (χ4v) is 4.78. The first-order valence-electron chi connectivity index (χ1n) is 11.7. The molecule has 1 fully saturated rings. The van der Waals surface area contributed by atoms with Crippen molar-refractivity contribution >= 4 is 17.2 Å². The monoisotopic (exact) mass is 456 g/mol. The average molecular weight is 457 g/mol. The number of hydrogen-bond donors (Lipinski definition) is 3. The van der Waals surface area contributed by atoms with Gasteiger partial charge in [-0.15, -0.1) is 0 Å². The number of aromatic amines is 1. The third kappa shape index (κ3) is 4.24. The number of nitrogens with zero attached hydrogens (tertiary/aromatic N) is 3. The lowest BCUT2D eigenvalue weighted by molar-refractivity contribution is 0.100. The van der Waals surface area contributed by atoms with Gasteiger partial charge in [0, 0.05) is 29.8 Å². The molecule has 174 valence electrons. The summed E-state index contributed by atoms with van der Waals surface area (Å²) in [7, 11) is 0. The van der Waals surface area contributed by atoms with Crippen molar-refractivity contribution in [2.45, 2.75) is 45.2 Å². The second-order valence-corrected chi connectivity index (χ2v) is 8.98. The van der Waals surface area contributed by atoms with Crippen molar-refractivity contribution in [3.8, 4) is 22.5 Å². The van der Waals surface area contributed by atoms with Crippen LogP contribution in [0.1, 0.15) is 48.0 Å². The van der Waals surface area contributed by atoms with Crippen LogP contribution >= 0.6 is 0 Å². The number of imidazole rings is 1. The van der Waals surface area contributed by atoms with Crippen LogP contribution in [0.15, 0.2) is 53.3 Å². The fourth-order valence-electron chi connectivity index (χ4n) is 4.78. The number of hydrogen-bond acceptors (Lipinski definition) is 5. The van der Waals surface area contributed by atoms with Crippen LogP contribution in [0, 0.1) is 5.92 Å². The summed E-state index contributed by atoms with van der Waals surface area (Å²) in [5, 5.41) is 0. The predicted molar refractivity (Wildman–Crippen MR) is 132 cm³/mol. The molecule has 2 aromatic carbocycles. The molecular weight excluding hydrogens is 428 g/mol. The van der Waals surface area contributed by atoms with E-state index >= 15 is 0 Å². The van der Waals surface area contributed by atoms with Gasteiger partial charge in [0.25, 0.3) is 0 Å². The molecule has 0 unspecified atom stereocenters. The molecule has 0 radical (unpaired) electrons. The van der Waals surface area contributed by atoms with Gasteiger partial charge >= 0.3 is 5.69 Å². The van der Waals surface area contributed by atoms with Crippen LogP contribution in [0.4, 0.5) is 0 Å². The molecule has 0 spiro atoms. The van der Waals surface area contributed by atoms with Gasteiger partial charge in [-0.05, 0) is 36.5 Å². The van der Waals surface area contributed by atoms with Gasteiger partial charge in [0.1, 0.15) is 0 Å². The van der Waals surface area contributed by atoms with E-state index in [9.17, 15) is 9.59 Å². The number of nitrogens with one attached hydrogen (secondary N) is 1. The quantitative estimate of drug-likeness (QED) is 0.408. The van der Waals surface area contributed by atoms with Crippen LogP contribution in [-0.4, -0.2) is 25.4 Å². The number of benzene rings is 2. The molecule has 4 aromatic rings. The van der Waals surface area contributed by atoms with E-state index in [1.165, 1.54) is 19.3 Å². The highest BCUT2D eigenvalue weighted by atomic mass is 16.1. The number of rotatable bonds is 6. The number of nitrogens with two attached hydrogens (primary N) is 2. The van der Waals surface area contributed by atoms with E-state index in [-0.39, 0.29) is 5.69 Å². The molecule has 0 bridgehead atoms. The lowest BCUT2D eigenvalue weighted by Gasteiger charge is -2.21. The smallest absolute Gasteiger partial charge is 0.328 e. The van der Waals surface area contributed by atoms with Crippen LogP contribution in [-0.2, 0) is 13.1 Å². The fraction of sp³-hybridized carbons (Fsp3) is 0.308. The van der Waals surface area contributed by atoms with Crippen molar-refractivity contribution in [2.24, 2.45) is 17.4 Å². The van der Waals surface area contributed by atoms with Crippen molar-refractivity contribution in [1.29, 1.82) is 0 Å². The normalized spacial score (nSPS) is 14.5. The van der Waals surface area contributed by atoms with Crippen molar-refractivity contribution in [3.63, 3.8) is 0 Å². The molecule has 1 aliphatic rings. The molecule has 2 heterocycles. The van der Waals surface area contributed by atoms with Gasteiger partial charge in [0.2, 0.25) is 5.91 Å². The minimum Gasteiger partial charge on any atom is -0.366 e. The van der Waals surface area contributed by atoms with Gasteiger partial charge in [-0.1, -0.05) is 55.7 Å². The predicted octanol–water partition coefficient (Wildman–Crippen LogP) is 3.59. The summed E-state index contributed by atoms with van der Waals surface area (Å²) in [5.41, 5.74) is 16.2. The summed E-state index contributed by atoms with van der Waals surface area (Å²) >= 11 is 0. The number of primary amides is 1. The maximum Gasteiger partial charge on any atom is 0.328 e. The van der Waals surface area contributed by atoms with E-state index in [2.05, 4.69) is 4.98 Å².